The van der Waals surface area contributed by atoms with Gasteiger partial charge in [-0.15, -0.1) is 0 Å². The minimum atomic E-state index is -0.443. The zero-order valence-corrected chi connectivity index (χ0v) is 10.8. The fourth-order valence-electron chi connectivity index (χ4n) is 1.87. The Morgan fingerprint density at radius 1 is 1.31 bits per heavy atom. The summed E-state index contributed by atoms with van der Waals surface area (Å²) in [5.74, 6) is 0.898. The number of hydrogen-bond acceptors (Lipinski definition) is 2. The van der Waals surface area contributed by atoms with Crippen molar-refractivity contribution in [2.45, 2.75) is 32.8 Å². The molecule has 1 N–H and O–H groups in total. The van der Waals surface area contributed by atoms with Crippen molar-refractivity contribution in [1.82, 2.24) is 0 Å². The summed E-state index contributed by atoms with van der Waals surface area (Å²) in [4.78, 5) is 0. The first kappa shape index (κ1) is 13.3. The SMILES string of the molecule is CCC(CC)C(O)c1ccc(Cl)c(OC)c1. The topological polar surface area (TPSA) is 29.5 Å². The molecule has 0 saturated heterocycles. The summed E-state index contributed by atoms with van der Waals surface area (Å²) in [5, 5.41) is 10.8. The zero-order valence-electron chi connectivity index (χ0n) is 10.0. The summed E-state index contributed by atoms with van der Waals surface area (Å²) < 4.78 is 5.14. The molecule has 3 heteroatoms. The maximum atomic E-state index is 10.2. The fraction of sp³-hybridized carbons (Fsp3) is 0.538. The molecule has 0 amide bonds. The van der Waals surface area contributed by atoms with Crippen LogP contribution in [0.3, 0.4) is 0 Å². The van der Waals surface area contributed by atoms with Crippen LogP contribution in [-0.4, -0.2) is 12.2 Å². The van der Waals surface area contributed by atoms with E-state index in [4.69, 9.17) is 16.3 Å². The number of ether oxygens (including phenoxy) is 1. The molecule has 0 radical (unpaired) electrons. The second-order valence-electron chi connectivity index (χ2n) is 3.92. The van der Waals surface area contributed by atoms with Gasteiger partial charge in [0, 0.05) is 0 Å². The van der Waals surface area contributed by atoms with Gasteiger partial charge < -0.3 is 9.84 Å². The second kappa shape index (κ2) is 6.12. The average molecular weight is 243 g/mol. The summed E-state index contributed by atoms with van der Waals surface area (Å²) in [5.41, 5.74) is 0.870. The zero-order chi connectivity index (χ0) is 12.1. The van der Waals surface area contributed by atoms with E-state index in [9.17, 15) is 5.11 Å². The van der Waals surface area contributed by atoms with Gasteiger partial charge in [0.25, 0.3) is 0 Å². The average Bonchev–Trinajstić information content (AvgIpc) is 2.31. The molecule has 0 aliphatic rings. The van der Waals surface area contributed by atoms with Gasteiger partial charge in [-0.3, -0.25) is 0 Å². The molecule has 0 fully saturated rings. The molecule has 0 aliphatic carbocycles. The van der Waals surface area contributed by atoms with Crippen molar-refractivity contribution in [3.05, 3.63) is 28.8 Å². The number of methoxy groups -OCH3 is 1. The molecule has 1 aromatic rings. The minimum Gasteiger partial charge on any atom is -0.495 e. The molecule has 1 rings (SSSR count). The van der Waals surface area contributed by atoms with Gasteiger partial charge in [-0.05, 0) is 23.6 Å². The van der Waals surface area contributed by atoms with Gasteiger partial charge in [0.1, 0.15) is 5.75 Å². The highest BCUT2D eigenvalue weighted by molar-refractivity contribution is 6.32. The van der Waals surface area contributed by atoms with Gasteiger partial charge in [-0.2, -0.15) is 0 Å². The lowest BCUT2D eigenvalue weighted by Gasteiger charge is -2.21. The number of aliphatic hydroxyl groups excluding tert-OH is 1. The number of hydrogen-bond donors (Lipinski definition) is 1. The van der Waals surface area contributed by atoms with Gasteiger partial charge in [0.15, 0.2) is 0 Å². The van der Waals surface area contributed by atoms with Gasteiger partial charge in [-0.1, -0.05) is 44.4 Å². The number of aliphatic hydroxyl groups is 1. The first-order valence-electron chi connectivity index (χ1n) is 5.65. The maximum Gasteiger partial charge on any atom is 0.137 e. The van der Waals surface area contributed by atoms with Gasteiger partial charge in [-0.25, -0.2) is 0 Å². The highest BCUT2D eigenvalue weighted by atomic mass is 35.5. The fourth-order valence-corrected chi connectivity index (χ4v) is 2.06. The quantitative estimate of drug-likeness (QED) is 0.851. The molecule has 1 unspecified atom stereocenters. The Bertz CT molecular complexity index is 335. The van der Waals surface area contributed by atoms with Crippen molar-refractivity contribution in [3.63, 3.8) is 0 Å². The number of rotatable bonds is 5. The third-order valence-electron chi connectivity index (χ3n) is 3.01. The smallest absolute Gasteiger partial charge is 0.137 e. The molecule has 90 valence electrons. The van der Waals surface area contributed by atoms with Gasteiger partial charge in [0.05, 0.1) is 18.2 Å². The molecule has 0 heterocycles. The van der Waals surface area contributed by atoms with Crippen LogP contribution in [0.4, 0.5) is 0 Å². The molecule has 1 atom stereocenters. The first-order valence-corrected chi connectivity index (χ1v) is 6.03. The van der Waals surface area contributed by atoms with Crippen LogP contribution < -0.4 is 4.74 Å². The van der Waals surface area contributed by atoms with E-state index in [0.29, 0.717) is 10.8 Å². The van der Waals surface area contributed by atoms with Gasteiger partial charge in [0.2, 0.25) is 0 Å². The van der Waals surface area contributed by atoms with Crippen LogP contribution in [0.5, 0.6) is 5.75 Å². The van der Waals surface area contributed by atoms with E-state index < -0.39 is 6.10 Å². The van der Waals surface area contributed by atoms with Crippen molar-refractivity contribution < 1.29 is 9.84 Å². The highest BCUT2D eigenvalue weighted by Gasteiger charge is 2.18. The molecule has 0 aromatic heterocycles. The predicted molar refractivity (Wildman–Crippen MR) is 67.0 cm³/mol. The third-order valence-corrected chi connectivity index (χ3v) is 3.32. The van der Waals surface area contributed by atoms with Crippen LogP contribution in [-0.2, 0) is 0 Å². The minimum absolute atomic E-state index is 0.283. The lowest BCUT2D eigenvalue weighted by Crippen LogP contribution is -2.10. The van der Waals surface area contributed by atoms with E-state index in [1.165, 1.54) is 0 Å². The first-order chi connectivity index (χ1) is 7.63. The Labute approximate surface area is 102 Å². The number of halogens is 1. The second-order valence-corrected chi connectivity index (χ2v) is 4.32. The van der Waals surface area contributed by atoms with Crippen molar-refractivity contribution in [1.29, 1.82) is 0 Å². The van der Waals surface area contributed by atoms with Crippen LogP contribution >= 0.6 is 11.6 Å². The molecule has 0 bridgehead atoms. The number of benzene rings is 1. The summed E-state index contributed by atoms with van der Waals surface area (Å²) >= 11 is 5.94. The molecule has 2 nitrogen and oxygen atoms in total. The van der Waals surface area contributed by atoms with Crippen LogP contribution in [0.25, 0.3) is 0 Å². The van der Waals surface area contributed by atoms with Crippen molar-refractivity contribution in [2.75, 3.05) is 7.11 Å². The van der Waals surface area contributed by atoms with E-state index in [0.717, 1.165) is 18.4 Å². The summed E-state index contributed by atoms with van der Waals surface area (Å²) in [6, 6.07) is 5.43. The van der Waals surface area contributed by atoms with Crippen molar-refractivity contribution in [3.8, 4) is 5.75 Å². The lowest BCUT2D eigenvalue weighted by atomic mass is 9.91. The Hall–Kier alpha value is -0.730. The normalized spacial score (nSPS) is 12.9. The Morgan fingerprint density at radius 2 is 1.94 bits per heavy atom. The Morgan fingerprint density at radius 3 is 2.44 bits per heavy atom. The van der Waals surface area contributed by atoms with E-state index >= 15 is 0 Å². The van der Waals surface area contributed by atoms with Crippen LogP contribution in [0.2, 0.25) is 5.02 Å². The predicted octanol–water partition coefficient (Wildman–Crippen LogP) is 3.82. The molecule has 0 spiro atoms. The Balaban J connectivity index is 2.95. The monoisotopic (exact) mass is 242 g/mol. The summed E-state index contributed by atoms with van der Waals surface area (Å²) in [6.07, 6.45) is 1.48. The van der Waals surface area contributed by atoms with E-state index in [2.05, 4.69) is 13.8 Å². The standard InChI is InChI=1S/C13H19ClO2/c1-4-9(5-2)13(15)10-6-7-11(14)12(8-10)16-3/h6-9,13,15H,4-5H2,1-3H3. The van der Waals surface area contributed by atoms with E-state index in [1.807, 2.05) is 12.1 Å². The molecular formula is C13H19ClO2. The Kier molecular flexibility index (Phi) is 5.10. The van der Waals surface area contributed by atoms with Crippen LogP contribution in [0.1, 0.15) is 38.4 Å². The molecule has 1 aromatic carbocycles. The van der Waals surface area contributed by atoms with Gasteiger partial charge >= 0.3 is 0 Å². The molecular weight excluding hydrogens is 224 g/mol. The van der Waals surface area contributed by atoms with Crippen LogP contribution in [0, 0.1) is 5.92 Å². The molecule has 0 aliphatic heterocycles. The lowest BCUT2D eigenvalue weighted by molar-refractivity contribution is 0.103. The maximum absolute atomic E-state index is 10.2. The third kappa shape index (κ3) is 2.89. The summed E-state index contributed by atoms with van der Waals surface area (Å²) in [6.45, 7) is 4.18. The van der Waals surface area contributed by atoms with Crippen molar-refractivity contribution in [2.24, 2.45) is 5.92 Å². The van der Waals surface area contributed by atoms with Crippen molar-refractivity contribution >= 4 is 11.6 Å². The summed E-state index contributed by atoms with van der Waals surface area (Å²) in [7, 11) is 1.58. The largest absolute Gasteiger partial charge is 0.495 e. The highest BCUT2D eigenvalue weighted by Crippen LogP contribution is 2.32. The van der Waals surface area contributed by atoms with E-state index in [-0.39, 0.29) is 5.92 Å². The van der Waals surface area contributed by atoms with E-state index in [1.54, 1.807) is 13.2 Å². The molecule has 0 saturated carbocycles. The molecule has 16 heavy (non-hydrogen) atoms. The van der Waals surface area contributed by atoms with Crippen LogP contribution in [0.15, 0.2) is 18.2 Å².